The Kier molecular flexibility index (Phi) is 6.30. The van der Waals surface area contributed by atoms with Crippen LogP contribution in [0.1, 0.15) is 52.9 Å². The van der Waals surface area contributed by atoms with Gasteiger partial charge in [0.2, 0.25) is 0 Å². The van der Waals surface area contributed by atoms with Crippen molar-refractivity contribution in [3.8, 4) is 0 Å². The predicted octanol–water partition coefficient (Wildman–Crippen LogP) is 4.13. The predicted molar refractivity (Wildman–Crippen MR) is 52.5 cm³/mol. The molecule has 65 valence electrons. The topological polar surface area (TPSA) is 0 Å². The Balaban J connectivity index is 3.23. The van der Waals surface area contributed by atoms with Gasteiger partial charge in [0.05, 0.1) is 0 Å². The lowest BCUT2D eigenvalue weighted by Crippen LogP contribution is -1.88. The van der Waals surface area contributed by atoms with Crippen molar-refractivity contribution in [2.45, 2.75) is 52.9 Å². The van der Waals surface area contributed by atoms with Crippen molar-refractivity contribution in [2.75, 3.05) is 0 Å². The summed E-state index contributed by atoms with van der Waals surface area (Å²) in [6, 6.07) is 0. The molecule has 0 spiro atoms. The zero-order chi connectivity index (χ0) is 8.69. The van der Waals surface area contributed by atoms with Crippen LogP contribution in [0.3, 0.4) is 0 Å². The molecule has 0 unspecified atom stereocenters. The Bertz CT molecular complexity index is 101. The minimum absolute atomic E-state index is 1.13. The van der Waals surface area contributed by atoms with Crippen molar-refractivity contribution in [3.63, 3.8) is 0 Å². The normalized spacial score (nSPS) is 10.5. The molecule has 0 aliphatic heterocycles. The molecule has 0 atom stereocenters. The van der Waals surface area contributed by atoms with Crippen LogP contribution in [-0.4, -0.2) is 0 Å². The number of rotatable bonds is 6. The number of unbranched alkanes of at least 4 members (excludes halogenated alkanes) is 2. The molecule has 0 heteroatoms. The molecule has 0 saturated carbocycles. The first-order valence-corrected chi connectivity index (χ1v) is 4.62. The third-order valence-electron chi connectivity index (χ3n) is 1.74. The third kappa shape index (κ3) is 7.64. The average molecular weight is 153 g/mol. The van der Waals surface area contributed by atoms with Crippen LogP contribution < -0.4 is 0 Å². The van der Waals surface area contributed by atoms with Gasteiger partial charge in [-0.05, 0) is 25.2 Å². The molecule has 0 heterocycles. The first kappa shape index (κ1) is 10.7. The van der Waals surface area contributed by atoms with E-state index in [9.17, 15) is 0 Å². The number of hydrogen-bond donors (Lipinski definition) is 0. The van der Waals surface area contributed by atoms with Crippen LogP contribution in [0.25, 0.3) is 0 Å². The molecular formula is C11H21. The first-order valence-electron chi connectivity index (χ1n) is 4.62. The van der Waals surface area contributed by atoms with E-state index in [0.717, 1.165) is 6.42 Å². The molecule has 11 heavy (non-hydrogen) atoms. The first-order chi connectivity index (χ1) is 5.16. The molecule has 0 N–H and O–H groups in total. The molecule has 0 aliphatic rings. The second kappa shape index (κ2) is 6.45. The summed E-state index contributed by atoms with van der Waals surface area (Å²) in [5.74, 6) is 1.48. The van der Waals surface area contributed by atoms with Crippen LogP contribution in [-0.2, 0) is 0 Å². The Morgan fingerprint density at radius 1 is 1.18 bits per heavy atom. The fraction of sp³-hybridized carbons (Fsp3) is 0.727. The van der Waals surface area contributed by atoms with E-state index >= 15 is 0 Å². The summed E-state index contributed by atoms with van der Waals surface area (Å²) in [5, 5.41) is 0. The molecule has 0 rings (SSSR count). The fourth-order valence-electron chi connectivity index (χ4n) is 1.21. The molecule has 0 saturated heterocycles. The second-order valence-electron chi connectivity index (χ2n) is 3.59. The lowest BCUT2D eigenvalue weighted by atomic mass is 10.00. The van der Waals surface area contributed by atoms with Gasteiger partial charge >= 0.3 is 0 Å². The van der Waals surface area contributed by atoms with Gasteiger partial charge in [0.1, 0.15) is 0 Å². The Labute approximate surface area is 71.7 Å². The van der Waals surface area contributed by atoms with Crippen molar-refractivity contribution < 1.29 is 0 Å². The van der Waals surface area contributed by atoms with Crippen LogP contribution in [0.15, 0.2) is 12.2 Å². The minimum Gasteiger partial charge on any atom is -0.0998 e. The summed E-state index contributed by atoms with van der Waals surface area (Å²) in [7, 11) is 0. The quantitative estimate of drug-likeness (QED) is 0.397. The molecule has 0 aliphatic carbocycles. The van der Waals surface area contributed by atoms with Crippen LogP contribution in [0.5, 0.6) is 0 Å². The third-order valence-corrected chi connectivity index (χ3v) is 1.74. The summed E-state index contributed by atoms with van der Waals surface area (Å²) in [6.45, 7) is 10.6. The molecule has 1 radical (unpaired) electrons. The SMILES string of the molecule is C=C(CCCCC)C[C](C)C. The standard InChI is InChI=1S/C11H21/c1-5-6-7-8-11(4)9-10(2)3/h4-9H2,1-3H3. The summed E-state index contributed by atoms with van der Waals surface area (Å²) >= 11 is 0. The largest absolute Gasteiger partial charge is 0.0998 e. The summed E-state index contributed by atoms with van der Waals surface area (Å²) in [5.41, 5.74) is 1.40. The maximum Gasteiger partial charge on any atom is -0.0263 e. The van der Waals surface area contributed by atoms with Crippen LogP contribution in [0.4, 0.5) is 0 Å². The van der Waals surface area contributed by atoms with Gasteiger partial charge in [-0.25, -0.2) is 0 Å². The Morgan fingerprint density at radius 3 is 2.27 bits per heavy atom. The van der Waals surface area contributed by atoms with Gasteiger partial charge in [-0.15, -0.1) is 0 Å². The van der Waals surface area contributed by atoms with E-state index in [0.29, 0.717) is 0 Å². The van der Waals surface area contributed by atoms with Gasteiger partial charge in [-0.3, -0.25) is 0 Å². The van der Waals surface area contributed by atoms with Gasteiger partial charge in [-0.1, -0.05) is 45.8 Å². The molecule has 0 aromatic carbocycles. The monoisotopic (exact) mass is 153 g/mol. The van der Waals surface area contributed by atoms with Crippen LogP contribution in [0, 0.1) is 5.92 Å². The molecule has 0 amide bonds. The lowest BCUT2D eigenvalue weighted by Gasteiger charge is -2.06. The van der Waals surface area contributed by atoms with Gasteiger partial charge in [0.25, 0.3) is 0 Å². The van der Waals surface area contributed by atoms with E-state index in [-0.39, 0.29) is 0 Å². The van der Waals surface area contributed by atoms with Gasteiger partial charge in [0, 0.05) is 0 Å². The molecule has 0 fully saturated rings. The summed E-state index contributed by atoms with van der Waals surface area (Å²) in [4.78, 5) is 0. The van der Waals surface area contributed by atoms with Gasteiger partial charge in [0.15, 0.2) is 0 Å². The molecule has 0 aromatic rings. The average Bonchev–Trinajstić information content (AvgIpc) is 1.86. The van der Waals surface area contributed by atoms with Crippen LogP contribution >= 0.6 is 0 Å². The Hall–Kier alpha value is -0.260. The van der Waals surface area contributed by atoms with E-state index in [1.807, 2.05) is 0 Å². The van der Waals surface area contributed by atoms with Crippen molar-refractivity contribution in [1.29, 1.82) is 0 Å². The highest BCUT2D eigenvalue weighted by Gasteiger charge is 1.98. The highest BCUT2D eigenvalue weighted by molar-refractivity contribution is 5.02. The van der Waals surface area contributed by atoms with Gasteiger partial charge in [-0.2, -0.15) is 0 Å². The van der Waals surface area contributed by atoms with Crippen LogP contribution in [0.2, 0.25) is 0 Å². The van der Waals surface area contributed by atoms with E-state index in [1.54, 1.807) is 0 Å². The second-order valence-corrected chi connectivity index (χ2v) is 3.59. The summed E-state index contributed by atoms with van der Waals surface area (Å²) in [6.07, 6.45) is 6.33. The van der Waals surface area contributed by atoms with E-state index < -0.39 is 0 Å². The smallest absolute Gasteiger partial charge is 0.0263 e. The highest BCUT2D eigenvalue weighted by atomic mass is 14.0. The van der Waals surface area contributed by atoms with Crippen molar-refractivity contribution in [2.24, 2.45) is 0 Å². The lowest BCUT2D eigenvalue weighted by molar-refractivity contribution is 0.698. The van der Waals surface area contributed by atoms with Crippen molar-refractivity contribution in [1.82, 2.24) is 0 Å². The maximum absolute atomic E-state index is 4.05. The fourth-order valence-corrected chi connectivity index (χ4v) is 1.21. The number of allylic oxidation sites excluding steroid dienone is 1. The van der Waals surface area contributed by atoms with E-state index in [2.05, 4.69) is 27.4 Å². The van der Waals surface area contributed by atoms with E-state index in [1.165, 1.54) is 37.2 Å². The zero-order valence-electron chi connectivity index (χ0n) is 8.24. The van der Waals surface area contributed by atoms with E-state index in [4.69, 9.17) is 0 Å². The van der Waals surface area contributed by atoms with Crippen molar-refractivity contribution >= 4 is 0 Å². The molecule has 0 aromatic heterocycles. The Morgan fingerprint density at radius 2 is 1.82 bits per heavy atom. The van der Waals surface area contributed by atoms with Gasteiger partial charge < -0.3 is 0 Å². The molecular weight excluding hydrogens is 132 g/mol. The minimum atomic E-state index is 1.13. The zero-order valence-corrected chi connectivity index (χ0v) is 8.24. The maximum atomic E-state index is 4.05. The molecule has 0 bridgehead atoms. The molecule has 0 nitrogen and oxygen atoms in total. The number of hydrogen-bond acceptors (Lipinski definition) is 0. The highest BCUT2D eigenvalue weighted by Crippen LogP contribution is 2.16. The van der Waals surface area contributed by atoms with Crippen molar-refractivity contribution in [3.05, 3.63) is 18.1 Å². The summed E-state index contributed by atoms with van der Waals surface area (Å²) < 4.78 is 0.